The number of thiazole rings is 1. The topological polar surface area (TPSA) is 93.0 Å². The van der Waals surface area contributed by atoms with Crippen LogP contribution in [-0.2, 0) is 4.79 Å². The Morgan fingerprint density at radius 2 is 2.10 bits per heavy atom. The Morgan fingerprint density at radius 1 is 1.23 bits per heavy atom. The predicted octanol–water partition coefficient (Wildman–Crippen LogP) is 3.34. The number of nitrogens with zero attached hydrogens (tertiary/aromatic N) is 5. The van der Waals surface area contributed by atoms with Crippen LogP contribution in [0.1, 0.15) is 48.7 Å². The summed E-state index contributed by atoms with van der Waals surface area (Å²) in [5, 5.41) is 9.70. The Labute approximate surface area is 179 Å². The molecule has 3 aromatic rings. The first kappa shape index (κ1) is 20.2. The zero-order valence-electron chi connectivity index (χ0n) is 17.0. The van der Waals surface area contributed by atoms with E-state index in [9.17, 15) is 9.59 Å². The molecule has 1 aliphatic rings. The van der Waals surface area contributed by atoms with Crippen LogP contribution < -0.4 is 5.32 Å². The van der Waals surface area contributed by atoms with Gasteiger partial charge >= 0.3 is 0 Å². The summed E-state index contributed by atoms with van der Waals surface area (Å²) in [5.74, 6) is 0.338. The van der Waals surface area contributed by atoms with Crippen LogP contribution in [0.2, 0.25) is 0 Å². The van der Waals surface area contributed by atoms with Crippen LogP contribution in [-0.4, -0.2) is 49.6 Å². The SMILES string of the molecule is CC(C)c1c(C(=O)N2CCC[C@H](C(=O)Nc3nccs3)C2)cnn1-c1ccccn1. The second-order valence-electron chi connectivity index (χ2n) is 7.61. The molecular formula is C21H24N6O2S. The van der Waals surface area contributed by atoms with Gasteiger partial charge in [0.25, 0.3) is 5.91 Å². The van der Waals surface area contributed by atoms with Gasteiger partial charge in [-0.1, -0.05) is 19.9 Å². The molecule has 1 saturated heterocycles. The highest BCUT2D eigenvalue weighted by Crippen LogP contribution is 2.26. The molecular weight excluding hydrogens is 400 g/mol. The van der Waals surface area contributed by atoms with Crippen molar-refractivity contribution >= 4 is 28.3 Å². The number of aromatic nitrogens is 4. The molecule has 2 amide bonds. The summed E-state index contributed by atoms with van der Waals surface area (Å²) in [6.45, 7) is 5.09. The molecule has 156 valence electrons. The molecule has 1 fully saturated rings. The van der Waals surface area contributed by atoms with Crippen molar-refractivity contribution in [3.8, 4) is 5.82 Å². The lowest BCUT2D eigenvalue weighted by Gasteiger charge is -2.32. The molecule has 0 saturated carbocycles. The molecule has 30 heavy (non-hydrogen) atoms. The summed E-state index contributed by atoms with van der Waals surface area (Å²) in [6.07, 6.45) is 6.52. The Morgan fingerprint density at radius 3 is 2.80 bits per heavy atom. The number of anilines is 1. The number of amides is 2. The molecule has 1 N–H and O–H groups in total. The third-order valence-corrected chi connectivity index (χ3v) is 5.88. The van der Waals surface area contributed by atoms with Crippen LogP contribution in [0.3, 0.4) is 0 Å². The number of likely N-dealkylation sites (tertiary alicyclic amines) is 1. The van der Waals surface area contributed by atoms with Crippen molar-refractivity contribution in [3.05, 3.63) is 53.4 Å². The highest BCUT2D eigenvalue weighted by Gasteiger charge is 2.32. The molecule has 0 radical (unpaired) electrons. The summed E-state index contributed by atoms with van der Waals surface area (Å²) in [6, 6.07) is 5.61. The van der Waals surface area contributed by atoms with Crippen molar-refractivity contribution in [2.75, 3.05) is 18.4 Å². The fraction of sp³-hybridized carbons (Fsp3) is 0.381. The minimum atomic E-state index is -0.250. The summed E-state index contributed by atoms with van der Waals surface area (Å²) in [5.41, 5.74) is 1.39. The average Bonchev–Trinajstić information content (AvgIpc) is 3.44. The van der Waals surface area contributed by atoms with Gasteiger partial charge in [0.1, 0.15) is 0 Å². The van der Waals surface area contributed by atoms with Crippen LogP contribution in [0.5, 0.6) is 0 Å². The van der Waals surface area contributed by atoms with Gasteiger partial charge in [0.05, 0.1) is 23.4 Å². The Hall–Kier alpha value is -3.07. The van der Waals surface area contributed by atoms with Gasteiger partial charge in [0.15, 0.2) is 10.9 Å². The average molecular weight is 425 g/mol. The van der Waals surface area contributed by atoms with Gasteiger partial charge in [-0.05, 0) is 30.9 Å². The molecule has 1 atom stereocenters. The van der Waals surface area contributed by atoms with Crippen LogP contribution in [0.15, 0.2) is 42.2 Å². The maximum Gasteiger partial charge on any atom is 0.257 e. The number of piperidine rings is 1. The van der Waals surface area contributed by atoms with Crippen LogP contribution >= 0.6 is 11.3 Å². The highest BCUT2D eigenvalue weighted by atomic mass is 32.1. The third-order valence-electron chi connectivity index (χ3n) is 5.19. The van der Waals surface area contributed by atoms with E-state index < -0.39 is 0 Å². The number of hydrogen-bond acceptors (Lipinski definition) is 6. The first-order valence-corrected chi connectivity index (χ1v) is 10.9. The van der Waals surface area contributed by atoms with Crippen LogP contribution in [0.4, 0.5) is 5.13 Å². The molecule has 4 rings (SSSR count). The molecule has 1 aliphatic heterocycles. The number of nitrogens with one attached hydrogen (secondary N) is 1. The highest BCUT2D eigenvalue weighted by molar-refractivity contribution is 7.13. The molecule has 0 aliphatic carbocycles. The molecule has 0 aromatic carbocycles. The van der Waals surface area contributed by atoms with E-state index in [4.69, 9.17) is 0 Å². The smallest absolute Gasteiger partial charge is 0.257 e. The van der Waals surface area contributed by atoms with Gasteiger partial charge in [0.2, 0.25) is 5.91 Å². The summed E-state index contributed by atoms with van der Waals surface area (Å²) in [4.78, 5) is 36.2. The van der Waals surface area contributed by atoms with E-state index in [0.29, 0.717) is 29.6 Å². The quantitative estimate of drug-likeness (QED) is 0.678. The largest absolute Gasteiger partial charge is 0.338 e. The fourth-order valence-electron chi connectivity index (χ4n) is 3.78. The lowest BCUT2D eigenvalue weighted by atomic mass is 9.96. The number of carbonyl (C=O) groups excluding carboxylic acids is 2. The summed E-state index contributed by atoms with van der Waals surface area (Å²) < 4.78 is 1.73. The minimum absolute atomic E-state index is 0.0854. The first-order chi connectivity index (χ1) is 14.5. The normalized spacial score (nSPS) is 16.6. The van der Waals surface area contributed by atoms with Crippen LogP contribution in [0, 0.1) is 5.92 Å². The zero-order valence-corrected chi connectivity index (χ0v) is 17.8. The zero-order chi connectivity index (χ0) is 21.1. The van der Waals surface area contributed by atoms with E-state index in [1.807, 2.05) is 37.4 Å². The number of pyridine rings is 1. The van der Waals surface area contributed by atoms with Gasteiger partial charge < -0.3 is 10.2 Å². The van der Waals surface area contributed by atoms with Gasteiger partial charge in [-0.2, -0.15) is 5.10 Å². The number of rotatable bonds is 5. The molecule has 8 nitrogen and oxygen atoms in total. The van der Waals surface area contributed by atoms with Gasteiger partial charge in [0, 0.05) is 30.9 Å². The van der Waals surface area contributed by atoms with E-state index in [1.165, 1.54) is 11.3 Å². The van der Waals surface area contributed by atoms with E-state index in [0.717, 1.165) is 18.5 Å². The van der Waals surface area contributed by atoms with Crippen molar-refractivity contribution in [1.29, 1.82) is 0 Å². The third kappa shape index (κ3) is 4.11. The van der Waals surface area contributed by atoms with Gasteiger partial charge in [-0.15, -0.1) is 11.3 Å². The van der Waals surface area contributed by atoms with Crippen molar-refractivity contribution in [3.63, 3.8) is 0 Å². The van der Waals surface area contributed by atoms with E-state index in [-0.39, 0.29) is 23.7 Å². The first-order valence-electron chi connectivity index (χ1n) is 10.0. The minimum Gasteiger partial charge on any atom is -0.338 e. The second-order valence-corrected chi connectivity index (χ2v) is 8.51. The van der Waals surface area contributed by atoms with Crippen molar-refractivity contribution in [2.45, 2.75) is 32.6 Å². The predicted molar refractivity (Wildman–Crippen MR) is 115 cm³/mol. The Kier molecular flexibility index (Phi) is 5.89. The van der Waals surface area contributed by atoms with E-state index >= 15 is 0 Å². The lowest BCUT2D eigenvalue weighted by molar-refractivity contribution is -0.121. The Bertz CT molecular complexity index is 1020. The maximum absolute atomic E-state index is 13.4. The fourth-order valence-corrected chi connectivity index (χ4v) is 4.31. The molecule has 4 heterocycles. The standard InChI is InChI=1S/C21H24N6O2S/c1-14(2)18-16(12-24-27(18)17-7-3-4-8-22-17)20(29)26-10-5-6-15(13-26)19(28)25-21-23-9-11-30-21/h3-4,7-9,11-12,14-15H,5-6,10,13H2,1-2H3,(H,23,25,28)/t15-/m0/s1. The molecule has 9 heteroatoms. The van der Waals surface area contributed by atoms with Crippen molar-refractivity contribution in [1.82, 2.24) is 24.6 Å². The summed E-state index contributed by atoms with van der Waals surface area (Å²) >= 11 is 1.38. The maximum atomic E-state index is 13.4. The molecule has 0 unspecified atom stereocenters. The van der Waals surface area contributed by atoms with E-state index in [2.05, 4.69) is 20.4 Å². The Balaban J connectivity index is 1.54. The lowest BCUT2D eigenvalue weighted by Crippen LogP contribution is -2.44. The molecule has 0 bridgehead atoms. The van der Waals surface area contributed by atoms with Gasteiger partial charge in [-0.25, -0.2) is 14.6 Å². The monoisotopic (exact) mass is 424 g/mol. The van der Waals surface area contributed by atoms with Gasteiger partial charge in [-0.3, -0.25) is 9.59 Å². The van der Waals surface area contributed by atoms with Crippen molar-refractivity contribution < 1.29 is 9.59 Å². The number of hydrogen-bond donors (Lipinski definition) is 1. The van der Waals surface area contributed by atoms with Crippen LogP contribution in [0.25, 0.3) is 5.82 Å². The number of carbonyl (C=O) groups is 2. The van der Waals surface area contributed by atoms with Crippen molar-refractivity contribution in [2.24, 2.45) is 5.92 Å². The molecule has 3 aromatic heterocycles. The van der Waals surface area contributed by atoms with E-state index in [1.54, 1.807) is 28.2 Å². The molecule has 0 spiro atoms. The second kappa shape index (κ2) is 8.74. The summed E-state index contributed by atoms with van der Waals surface area (Å²) in [7, 11) is 0.